The van der Waals surface area contributed by atoms with Gasteiger partial charge in [-0.2, -0.15) is 0 Å². The molecule has 0 aromatic heterocycles. The molecular formula is C8H14F2N2. The van der Waals surface area contributed by atoms with Crippen LogP contribution in [-0.2, 0) is 0 Å². The Hall–Kier alpha value is -0.930. The summed E-state index contributed by atoms with van der Waals surface area (Å²) in [4.78, 5) is 3.78. The van der Waals surface area contributed by atoms with Gasteiger partial charge in [0.1, 0.15) is 6.04 Å². The lowest BCUT2D eigenvalue weighted by Gasteiger charge is -2.05. The van der Waals surface area contributed by atoms with Crippen molar-refractivity contribution in [1.29, 1.82) is 0 Å². The van der Waals surface area contributed by atoms with Crippen molar-refractivity contribution >= 4 is 5.71 Å². The molecule has 0 amide bonds. The summed E-state index contributed by atoms with van der Waals surface area (Å²) in [5.74, 6) is 0. The minimum absolute atomic E-state index is 0.602. The maximum Gasteiger partial charge on any atom is 0.260 e. The van der Waals surface area contributed by atoms with Crippen molar-refractivity contribution in [2.75, 3.05) is 0 Å². The average Bonchev–Trinajstić information content (AvgIpc) is 2.03. The van der Waals surface area contributed by atoms with Gasteiger partial charge in [0.15, 0.2) is 0 Å². The zero-order valence-electron chi connectivity index (χ0n) is 7.30. The second-order valence-electron chi connectivity index (χ2n) is 2.41. The standard InChI is InChI=1S/C8H14F2N2/c1-3-7(4-5-11)12-6(2)8(9)10/h4-6,8H,3,11H2,1-2H3/b5-4-,12-7?. The monoisotopic (exact) mass is 176 g/mol. The predicted octanol–water partition coefficient (Wildman–Crippen LogP) is 1.96. The van der Waals surface area contributed by atoms with E-state index in [1.165, 1.54) is 13.1 Å². The summed E-state index contributed by atoms with van der Waals surface area (Å²) in [6, 6.07) is -0.948. The molecule has 0 saturated carbocycles. The first-order valence-electron chi connectivity index (χ1n) is 3.84. The van der Waals surface area contributed by atoms with Gasteiger partial charge in [0, 0.05) is 5.71 Å². The lowest BCUT2D eigenvalue weighted by atomic mass is 10.2. The quantitative estimate of drug-likeness (QED) is 0.653. The molecule has 1 atom stereocenters. The smallest absolute Gasteiger partial charge is 0.260 e. The first-order valence-corrected chi connectivity index (χ1v) is 3.84. The first-order chi connectivity index (χ1) is 5.61. The summed E-state index contributed by atoms with van der Waals surface area (Å²) in [7, 11) is 0. The van der Waals surface area contributed by atoms with Gasteiger partial charge in [-0.15, -0.1) is 0 Å². The highest BCUT2D eigenvalue weighted by Crippen LogP contribution is 2.05. The van der Waals surface area contributed by atoms with Gasteiger partial charge < -0.3 is 5.73 Å². The molecule has 0 fully saturated rings. The van der Waals surface area contributed by atoms with E-state index in [0.29, 0.717) is 12.1 Å². The molecule has 0 aliphatic rings. The number of nitrogens with two attached hydrogens (primary N) is 1. The second-order valence-corrected chi connectivity index (χ2v) is 2.41. The summed E-state index contributed by atoms with van der Waals surface area (Å²) < 4.78 is 24.0. The predicted molar refractivity (Wildman–Crippen MR) is 46.5 cm³/mol. The molecule has 1 unspecified atom stereocenters. The molecule has 2 N–H and O–H groups in total. The van der Waals surface area contributed by atoms with Crippen LogP contribution in [0.15, 0.2) is 17.3 Å². The number of nitrogens with zero attached hydrogens (tertiary/aromatic N) is 1. The average molecular weight is 176 g/mol. The van der Waals surface area contributed by atoms with Crippen molar-refractivity contribution < 1.29 is 8.78 Å². The van der Waals surface area contributed by atoms with Crippen LogP contribution in [0, 0.1) is 0 Å². The lowest BCUT2D eigenvalue weighted by molar-refractivity contribution is 0.124. The Morgan fingerprint density at radius 1 is 1.58 bits per heavy atom. The Morgan fingerprint density at radius 3 is 2.50 bits per heavy atom. The zero-order valence-corrected chi connectivity index (χ0v) is 7.30. The van der Waals surface area contributed by atoms with Crippen LogP contribution in [-0.4, -0.2) is 18.2 Å². The van der Waals surface area contributed by atoms with E-state index in [1.807, 2.05) is 6.92 Å². The Balaban J connectivity index is 4.27. The fourth-order valence-electron chi connectivity index (χ4n) is 0.681. The molecule has 0 aromatic carbocycles. The van der Waals surface area contributed by atoms with E-state index < -0.39 is 12.5 Å². The van der Waals surface area contributed by atoms with Gasteiger partial charge in [-0.3, -0.25) is 4.99 Å². The van der Waals surface area contributed by atoms with Crippen molar-refractivity contribution in [1.82, 2.24) is 0 Å². The molecule has 0 aliphatic carbocycles. The van der Waals surface area contributed by atoms with Crippen molar-refractivity contribution in [2.45, 2.75) is 32.7 Å². The maximum absolute atomic E-state index is 12.0. The second kappa shape index (κ2) is 5.69. The minimum Gasteiger partial charge on any atom is -0.405 e. The highest BCUT2D eigenvalue weighted by atomic mass is 19.3. The largest absolute Gasteiger partial charge is 0.405 e. The third kappa shape index (κ3) is 4.05. The van der Waals surface area contributed by atoms with Crippen LogP contribution >= 0.6 is 0 Å². The maximum atomic E-state index is 12.0. The first kappa shape index (κ1) is 11.1. The third-order valence-electron chi connectivity index (χ3n) is 1.38. The highest BCUT2D eigenvalue weighted by molar-refractivity contribution is 5.94. The molecule has 0 bridgehead atoms. The molecule has 0 saturated heterocycles. The highest BCUT2D eigenvalue weighted by Gasteiger charge is 2.12. The van der Waals surface area contributed by atoms with Gasteiger partial charge in [-0.25, -0.2) is 8.78 Å². The van der Waals surface area contributed by atoms with Gasteiger partial charge in [-0.05, 0) is 25.6 Å². The van der Waals surface area contributed by atoms with Crippen molar-refractivity contribution in [3.8, 4) is 0 Å². The van der Waals surface area contributed by atoms with Crippen LogP contribution in [0.3, 0.4) is 0 Å². The van der Waals surface area contributed by atoms with E-state index >= 15 is 0 Å². The molecule has 4 heteroatoms. The molecule has 0 aliphatic heterocycles. The van der Waals surface area contributed by atoms with E-state index in [-0.39, 0.29) is 0 Å². The minimum atomic E-state index is -2.40. The molecule has 0 rings (SSSR count). The van der Waals surface area contributed by atoms with E-state index in [1.54, 1.807) is 6.08 Å². The lowest BCUT2D eigenvalue weighted by Crippen LogP contribution is -2.12. The Morgan fingerprint density at radius 2 is 2.17 bits per heavy atom. The van der Waals surface area contributed by atoms with Crippen molar-refractivity contribution in [2.24, 2.45) is 10.7 Å². The third-order valence-corrected chi connectivity index (χ3v) is 1.38. The summed E-state index contributed by atoms with van der Waals surface area (Å²) in [5, 5.41) is 0. The van der Waals surface area contributed by atoms with Crippen molar-refractivity contribution in [3.05, 3.63) is 12.3 Å². The van der Waals surface area contributed by atoms with Crippen LogP contribution in [0.25, 0.3) is 0 Å². The molecule has 2 nitrogen and oxygen atoms in total. The number of halogens is 2. The molecule has 70 valence electrons. The summed E-state index contributed by atoms with van der Waals surface area (Å²) in [5.41, 5.74) is 5.71. The van der Waals surface area contributed by atoms with Gasteiger partial charge in [0.2, 0.25) is 0 Å². The number of hydrogen-bond acceptors (Lipinski definition) is 2. The van der Waals surface area contributed by atoms with Gasteiger partial charge in [0.05, 0.1) is 0 Å². The zero-order chi connectivity index (χ0) is 9.56. The van der Waals surface area contributed by atoms with Crippen LogP contribution in [0.4, 0.5) is 8.78 Å². The number of alkyl halides is 2. The van der Waals surface area contributed by atoms with E-state index in [4.69, 9.17) is 5.73 Å². The van der Waals surface area contributed by atoms with Crippen LogP contribution < -0.4 is 5.73 Å². The fourth-order valence-corrected chi connectivity index (χ4v) is 0.681. The molecule has 0 heterocycles. The van der Waals surface area contributed by atoms with Crippen LogP contribution in [0.2, 0.25) is 0 Å². The summed E-state index contributed by atoms with van der Waals surface area (Å²) >= 11 is 0. The fraction of sp³-hybridized carbons (Fsp3) is 0.625. The number of rotatable bonds is 4. The Kier molecular flexibility index (Phi) is 5.25. The summed E-state index contributed by atoms with van der Waals surface area (Å²) in [6.07, 6.45) is 1.06. The van der Waals surface area contributed by atoms with Gasteiger partial charge >= 0.3 is 0 Å². The molecule has 0 spiro atoms. The topological polar surface area (TPSA) is 38.4 Å². The molecular weight excluding hydrogens is 162 g/mol. The van der Waals surface area contributed by atoms with E-state index in [2.05, 4.69) is 4.99 Å². The Labute approximate surface area is 71.2 Å². The number of aliphatic imine (C=N–C) groups is 1. The van der Waals surface area contributed by atoms with Crippen molar-refractivity contribution in [3.63, 3.8) is 0 Å². The summed E-state index contributed by atoms with van der Waals surface area (Å²) in [6.45, 7) is 3.22. The SMILES string of the molecule is CCC(/C=C\N)=NC(C)C(F)F. The van der Waals surface area contributed by atoms with Gasteiger partial charge in [-0.1, -0.05) is 6.92 Å². The molecule has 12 heavy (non-hydrogen) atoms. The van der Waals surface area contributed by atoms with E-state index in [0.717, 1.165) is 0 Å². The van der Waals surface area contributed by atoms with E-state index in [9.17, 15) is 8.78 Å². The Bertz CT molecular complexity index is 176. The van der Waals surface area contributed by atoms with Gasteiger partial charge in [0.25, 0.3) is 6.43 Å². The van der Waals surface area contributed by atoms with Crippen LogP contribution in [0.1, 0.15) is 20.3 Å². The molecule has 0 aromatic rings. The van der Waals surface area contributed by atoms with Crippen LogP contribution in [0.5, 0.6) is 0 Å². The number of allylic oxidation sites excluding steroid dienone is 1. The number of hydrogen-bond donors (Lipinski definition) is 1. The normalized spacial score (nSPS) is 15.9. The molecule has 0 radical (unpaired) electrons.